The largest absolute Gasteiger partial charge is 0.496 e. The molecular formula is C15H14ClN5OS2. The highest BCUT2D eigenvalue weighted by Gasteiger charge is 2.17. The maximum Gasteiger partial charge on any atom is 0.192 e. The van der Waals surface area contributed by atoms with Gasteiger partial charge in [-0.15, -0.1) is 21.9 Å². The van der Waals surface area contributed by atoms with E-state index in [-0.39, 0.29) is 0 Å². The third-order valence-corrected chi connectivity index (χ3v) is 5.19. The van der Waals surface area contributed by atoms with Crippen molar-refractivity contribution in [2.75, 3.05) is 7.11 Å². The van der Waals surface area contributed by atoms with Crippen molar-refractivity contribution in [2.24, 2.45) is 0 Å². The first kappa shape index (κ1) is 16.9. The fraction of sp³-hybridized carbons (Fsp3) is 0.200. The maximum atomic E-state index is 6.05. The number of benzene rings is 1. The van der Waals surface area contributed by atoms with Crippen molar-refractivity contribution in [3.8, 4) is 17.1 Å². The summed E-state index contributed by atoms with van der Waals surface area (Å²) in [5.74, 6) is 2.06. The van der Waals surface area contributed by atoms with E-state index in [2.05, 4.69) is 26.4 Å². The third kappa shape index (κ3) is 3.45. The lowest BCUT2D eigenvalue weighted by Gasteiger charge is -2.10. The Morgan fingerprint density at radius 1 is 1.33 bits per heavy atom. The van der Waals surface area contributed by atoms with Gasteiger partial charge in [0.05, 0.1) is 12.7 Å². The second kappa shape index (κ2) is 7.78. The lowest BCUT2D eigenvalue weighted by molar-refractivity contribution is 0.416. The zero-order valence-corrected chi connectivity index (χ0v) is 15.2. The van der Waals surface area contributed by atoms with E-state index in [4.69, 9.17) is 16.3 Å². The van der Waals surface area contributed by atoms with Crippen LogP contribution in [0.3, 0.4) is 0 Å². The van der Waals surface area contributed by atoms with Crippen molar-refractivity contribution < 1.29 is 4.74 Å². The van der Waals surface area contributed by atoms with Crippen LogP contribution in [0.1, 0.15) is 5.69 Å². The van der Waals surface area contributed by atoms with E-state index < -0.39 is 0 Å². The summed E-state index contributed by atoms with van der Waals surface area (Å²) in [6, 6.07) is 7.72. The summed E-state index contributed by atoms with van der Waals surface area (Å²) in [6.45, 7) is 4.41. The number of para-hydroxylation sites is 1. The van der Waals surface area contributed by atoms with Crippen LogP contribution in [0.15, 0.2) is 42.1 Å². The second-order valence-corrected chi connectivity index (χ2v) is 6.99. The summed E-state index contributed by atoms with van der Waals surface area (Å²) in [7, 11) is 1.64. The van der Waals surface area contributed by atoms with Gasteiger partial charge >= 0.3 is 0 Å². The van der Waals surface area contributed by atoms with Crippen LogP contribution in [0.2, 0.25) is 4.34 Å². The minimum absolute atomic E-state index is 0.580. The molecule has 0 saturated heterocycles. The molecule has 2 aromatic heterocycles. The minimum atomic E-state index is 0.580. The van der Waals surface area contributed by atoms with Gasteiger partial charge in [-0.05, 0) is 12.1 Å². The van der Waals surface area contributed by atoms with Crippen LogP contribution >= 0.6 is 34.9 Å². The summed E-state index contributed by atoms with van der Waals surface area (Å²) in [5.41, 5.74) is 1.63. The van der Waals surface area contributed by atoms with Gasteiger partial charge in [0, 0.05) is 23.8 Å². The SMILES string of the molecule is C=CCn1c(SCc2nnsc2Cl)nnc1-c1ccccc1OC. The van der Waals surface area contributed by atoms with Crippen LogP contribution < -0.4 is 4.74 Å². The number of halogens is 1. The van der Waals surface area contributed by atoms with Gasteiger partial charge in [0.15, 0.2) is 11.0 Å². The Morgan fingerprint density at radius 3 is 2.88 bits per heavy atom. The number of thioether (sulfide) groups is 1. The maximum absolute atomic E-state index is 6.05. The Kier molecular flexibility index (Phi) is 5.49. The summed E-state index contributed by atoms with van der Waals surface area (Å²) in [5, 5.41) is 13.4. The molecule has 3 aromatic rings. The molecule has 9 heteroatoms. The highest BCUT2D eigenvalue weighted by molar-refractivity contribution is 7.98. The topological polar surface area (TPSA) is 65.7 Å². The zero-order valence-electron chi connectivity index (χ0n) is 12.8. The van der Waals surface area contributed by atoms with Crippen molar-refractivity contribution in [3.05, 3.63) is 47.0 Å². The molecule has 24 heavy (non-hydrogen) atoms. The number of rotatable bonds is 7. The van der Waals surface area contributed by atoms with E-state index in [9.17, 15) is 0 Å². The fourth-order valence-corrected chi connectivity index (χ4v) is 3.81. The smallest absolute Gasteiger partial charge is 0.192 e. The molecule has 6 nitrogen and oxygen atoms in total. The van der Waals surface area contributed by atoms with Crippen LogP contribution in [0, 0.1) is 0 Å². The molecule has 0 amide bonds. The number of aromatic nitrogens is 5. The van der Waals surface area contributed by atoms with Crippen molar-refractivity contribution in [3.63, 3.8) is 0 Å². The Labute approximate surface area is 152 Å². The molecule has 0 fully saturated rings. The molecule has 0 N–H and O–H groups in total. The monoisotopic (exact) mass is 379 g/mol. The van der Waals surface area contributed by atoms with Crippen LogP contribution in [-0.2, 0) is 12.3 Å². The van der Waals surface area contributed by atoms with Crippen molar-refractivity contribution in [2.45, 2.75) is 17.5 Å². The van der Waals surface area contributed by atoms with Gasteiger partial charge in [-0.2, -0.15) is 0 Å². The average molecular weight is 380 g/mol. The molecule has 124 valence electrons. The van der Waals surface area contributed by atoms with Crippen LogP contribution in [-0.4, -0.2) is 31.5 Å². The van der Waals surface area contributed by atoms with E-state index in [1.807, 2.05) is 34.9 Å². The number of nitrogens with zero attached hydrogens (tertiary/aromatic N) is 5. The summed E-state index contributed by atoms with van der Waals surface area (Å²) < 4.78 is 11.9. The number of methoxy groups -OCH3 is 1. The molecule has 0 radical (unpaired) electrons. The average Bonchev–Trinajstić information content (AvgIpc) is 3.19. The van der Waals surface area contributed by atoms with Gasteiger partial charge in [-0.3, -0.25) is 4.57 Å². The molecule has 2 heterocycles. The number of ether oxygens (including phenoxy) is 1. The fourth-order valence-electron chi connectivity index (χ4n) is 2.13. The number of hydrogen-bond donors (Lipinski definition) is 0. The quantitative estimate of drug-likeness (QED) is 0.457. The van der Waals surface area contributed by atoms with E-state index in [1.165, 1.54) is 23.3 Å². The molecule has 0 unspecified atom stereocenters. The van der Waals surface area contributed by atoms with Gasteiger partial charge in [0.25, 0.3) is 0 Å². The van der Waals surface area contributed by atoms with Crippen LogP contribution in [0.5, 0.6) is 5.75 Å². The first-order chi connectivity index (χ1) is 11.7. The van der Waals surface area contributed by atoms with Gasteiger partial charge in [-0.25, -0.2) is 0 Å². The van der Waals surface area contributed by atoms with Gasteiger partial charge < -0.3 is 4.74 Å². The summed E-state index contributed by atoms with van der Waals surface area (Å²) in [4.78, 5) is 0. The predicted octanol–water partition coefficient (Wildman–Crippen LogP) is 3.94. The Morgan fingerprint density at radius 2 is 2.17 bits per heavy atom. The molecule has 0 aliphatic rings. The third-order valence-electron chi connectivity index (χ3n) is 3.22. The molecular weight excluding hydrogens is 366 g/mol. The summed E-state index contributed by atoms with van der Waals surface area (Å²) >= 11 is 8.74. The molecule has 1 aromatic carbocycles. The highest BCUT2D eigenvalue weighted by atomic mass is 35.5. The number of allylic oxidation sites excluding steroid dienone is 1. The van der Waals surface area contributed by atoms with E-state index in [0.717, 1.165) is 28.0 Å². The van der Waals surface area contributed by atoms with Gasteiger partial charge in [0.2, 0.25) is 0 Å². The minimum Gasteiger partial charge on any atom is -0.496 e. The Balaban J connectivity index is 1.92. The van der Waals surface area contributed by atoms with Crippen molar-refractivity contribution in [1.29, 1.82) is 0 Å². The predicted molar refractivity (Wildman–Crippen MR) is 96.7 cm³/mol. The molecule has 0 spiro atoms. The molecule has 0 saturated carbocycles. The Hall–Kier alpha value is -1.90. The van der Waals surface area contributed by atoms with E-state index in [0.29, 0.717) is 16.6 Å². The lowest BCUT2D eigenvalue weighted by atomic mass is 10.2. The molecule has 3 rings (SSSR count). The van der Waals surface area contributed by atoms with Crippen LogP contribution in [0.4, 0.5) is 0 Å². The summed E-state index contributed by atoms with van der Waals surface area (Å²) in [6.07, 6.45) is 1.81. The molecule has 0 atom stereocenters. The molecule has 0 aliphatic carbocycles. The zero-order chi connectivity index (χ0) is 16.9. The first-order valence-corrected chi connectivity index (χ1v) is 9.15. The van der Waals surface area contributed by atoms with Crippen molar-refractivity contribution in [1.82, 2.24) is 24.4 Å². The first-order valence-electron chi connectivity index (χ1n) is 7.01. The van der Waals surface area contributed by atoms with Crippen LogP contribution in [0.25, 0.3) is 11.4 Å². The van der Waals surface area contributed by atoms with E-state index in [1.54, 1.807) is 7.11 Å². The molecule has 0 bridgehead atoms. The highest BCUT2D eigenvalue weighted by Crippen LogP contribution is 2.32. The van der Waals surface area contributed by atoms with E-state index >= 15 is 0 Å². The standard InChI is InChI=1S/C15H14ClN5OS2/c1-3-8-21-14(10-6-4-5-7-12(10)22-2)18-19-15(21)23-9-11-13(16)24-20-17-11/h3-7H,1,8-9H2,2H3. The second-order valence-electron chi connectivity index (χ2n) is 4.69. The normalized spacial score (nSPS) is 10.8. The lowest BCUT2D eigenvalue weighted by Crippen LogP contribution is -2.02. The Bertz CT molecular complexity index is 848. The van der Waals surface area contributed by atoms with Gasteiger partial charge in [-0.1, -0.05) is 46.1 Å². The number of hydrogen-bond acceptors (Lipinski definition) is 7. The van der Waals surface area contributed by atoms with Crippen molar-refractivity contribution >= 4 is 34.9 Å². The molecule has 0 aliphatic heterocycles. The van der Waals surface area contributed by atoms with Gasteiger partial charge in [0.1, 0.15) is 15.8 Å².